The Hall–Kier alpha value is -2.95. The number of halogens is 1. The third-order valence-corrected chi connectivity index (χ3v) is 7.63. The van der Waals surface area contributed by atoms with Crippen molar-refractivity contribution in [2.45, 2.75) is 31.1 Å². The third kappa shape index (κ3) is 5.35. The van der Waals surface area contributed by atoms with Gasteiger partial charge in [0.15, 0.2) is 0 Å². The van der Waals surface area contributed by atoms with Gasteiger partial charge in [0, 0.05) is 23.8 Å². The van der Waals surface area contributed by atoms with Gasteiger partial charge in [-0.1, -0.05) is 24.1 Å². The van der Waals surface area contributed by atoms with E-state index in [0.29, 0.717) is 35.2 Å². The van der Waals surface area contributed by atoms with Gasteiger partial charge in [0.1, 0.15) is 12.7 Å². The van der Waals surface area contributed by atoms with Gasteiger partial charge in [-0.2, -0.15) is 9.40 Å². The number of nitrogens with one attached hydrogen (secondary N) is 2. The van der Waals surface area contributed by atoms with Crippen molar-refractivity contribution >= 4 is 38.9 Å². The van der Waals surface area contributed by atoms with Crippen molar-refractivity contribution in [1.82, 2.24) is 19.1 Å². The molecule has 2 heterocycles. The lowest BCUT2D eigenvalue weighted by Crippen LogP contribution is -2.35. The number of anilines is 2. The average Bonchev–Trinajstić information content (AvgIpc) is 3.34. The van der Waals surface area contributed by atoms with Gasteiger partial charge in [-0.25, -0.2) is 18.1 Å². The van der Waals surface area contributed by atoms with Gasteiger partial charge >= 0.3 is 0 Å². The smallest absolute Gasteiger partial charge is 0.243 e. The Morgan fingerprint density at radius 3 is 2.61 bits per heavy atom. The maximum absolute atomic E-state index is 13.0. The normalized spacial score (nSPS) is 14.7. The summed E-state index contributed by atoms with van der Waals surface area (Å²) in [6.45, 7) is 2.87. The Morgan fingerprint density at radius 1 is 1.09 bits per heavy atom. The molecule has 0 radical (unpaired) electrons. The standard InChI is InChI=1S/C22H25ClN6O3S/c1-16-5-7-18(33(31,32)28-9-3-2-4-10-28)12-19(16)25-13-22(30)27-20-11-17(23)6-8-21(20)29-15-24-14-26-29/h5-8,11-12,14-15,25H,2-4,9-10,13H2,1H3,(H,27,30). The highest BCUT2D eigenvalue weighted by Gasteiger charge is 2.26. The van der Waals surface area contributed by atoms with Crippen LogP contribution in [0.3, 0.4) is 0 Å². The van der Waals surface area contributed by atoms with Crippen LogP contribution in [0, 0.1) is 6.92 Å². The Balaban J connectivity index is 1.47. The molecule has 0 saturated carbocycles. The molecule has 0 bridgehead atoms. The molecule has 0 aliphatic carbocycles. The summed E-state index contributed by atoms with van der Waals surface area (Å²) in [6, 6.07) is 10.0. The number of piperidine rings is 1. The fourth-order valence-corrected chi connectivity index (χ4v) is 5.43. The van der Waals surface area contributed by atoms with Crippen LogP contribution in [0.1, 0.15) is 24.8 Å². The summed E-state index contributed by atoms with van der Waals surface area (Å²) >= 11 is 6.11. The molecule has 4 rings (SSSR count). The molecule has 33 heavy (non-hydrogen) atoms. The van der Waals surface area contributed by atoms with Crippen molar-refractivity contribution in [1.29, 1.82) is 0 Å². The van der Waals surface area contributed by atoms with Crippen molar-refractivity contribution in [2.75, 3.05) is 30.3 Å². The summed E-state index contributed by atoms with van der Waals surface area (Å²) < 4.78 is 29.1. The first-order valence-corrected chi connectivity index (χ1v) is 12.5. The first-order valence-electron chi connectivity index (χ1n) is 10.6. The minimum Gasteiger partial charge on any atom is -0.376 e. The van der Waals surface area contributed by atoms with Crippen LogP contribution in [-0.2, 0) is 14.8 Å². The number of nitrogens with zero attached hydrogens (tertiary/aromatic N) is 4. The number of carbonyl (C=O) groups is 1. The topological polar surface area (TPSA) is 109 Å². The van der Waals surface area contributed by atoms with Crippen LogP contribution in [0.25, 0.3) is 5.69 Å². The highest BCUT2D eigenvalue weighted by molar-refractivity contribution is 7.89. The zero-order valence-corrected chi connectivity index (χ0v) is 19.7. The molecule has 1 aromatic heterocycles. The molecule has 0 unspecified atom stereocenters. The van der Waals surface area contributed by atoms with Crippen LogP contribution in [0.2, 0.25) is 5.02 Å². The summed E-state index contributed by atoms with van der Waals surface area (Å²) in [5.74, 6) is -0.317. The second-order valence-corrected chi connectivity index (χ2v) is 10.2. The number of sulfonamides is 1. The van der Waals surface area contributed by atoms with Crippen molar-refractivity contribution < 1.29 is 13.2 Å². The molecule has 1 fully saturated rings. The molecule has 11 heteroatoms. The van der Waals surface area contributed by atoms with Crippen LogP contribution >= 0.6 is 11.6 Å². The van der Waals surface area contributed by atoms with E-state index in [4.69, 9.17) is 11.6 Å². The van der Waals surface area contributed by atoms with E-state index >= 15 is 0 Å². The van der Waals surface area contributed by atoms with Crippen LogP contribution < -0.4 is 10.6 Å². The van der Waals surface area contributed by atoms with Crippen LogP contribution in [0.4, 0.5) is 11.4 Å². The molecule has 3 aromatic rings. The van der Waals surface area contributed by atoms with Gasteiger partial charge in [-0.05, 0) is 55.7 Å². The lowest BCUT2D eigenvalue weighted by molar-refractivity contribution is -0.114. The monoisotopic (exact) mass is 488 g/mol. The molecule has 1 aliphatic rings. The van der Waals surface area contributed by atoms with E-state index in [1.807, 2.05) is 6.92 Å². The summed E-state index contributed by atoms with van der Waals surface area (Å²) in [6.07, 6.45) is 5.71. The number of carbonyl (C=O) groups excluding carboxylic acids is 1. The van der Waals surface area contributed by atoms with Gasteiger partial charge in [0.05, 0.1) is 22.8 Å². The Kier molecular flexibility index (Phi) is 6.96. The second-order valence-electron chi connectivity index (χ2n) is 7.84. The Morgan fingerprint density at radius 2 is 1.88 bits per heavy atom. The van der Waals surface area contributed by atoms with Crippen molar-refractivity contribution in [2.24, 2.45) is 0 Å². The molecule has 0 atom stereocenters. The minimum atomic E-state index is -3.56. The Labute approximate surface area is 197 Å². The fourth-order valence-electron chi connectivity index (χ4n) is 3.72. The van der Waals surface area contributed by atoms with E-state index in [2.05, 4.69) is 20.7 Å². The van der Waals surface area contributed by atoms with Gasteiger partial charge in [-0.3, -0.25) is 4.79 Å². The minimum absolute atomic E-state index is 0.0582. The first-order chi connectivity index (χ1) is 15.8. The number of aryl methyl sites for hydroxylation is 1. The quantitative estimate of drug-likeness (QED) is 0.527. The van der Waals surface area contributed by atoms with Gasteiger partial charge in [0.25, 0.3) is 0 Å². The molecule has 1 aliphatic heterocycles. The highest BCUT2D eigenvalue weighted by atomic mass is 35.5. The molecular formula is C22H25ClN6O3S. The maximum atomic E-state index is 13.0. The molecule has 2 N–H and O–H groups in total. The molecule has 1 amide bonds. The number of aromatic nitrogens is 3. The average molecular weight is 489 g/mol. The van der Waals surface area contributed by atoms with E-state index in [-0.39, 0.29) is 17.3 Å². The predicted octanol–water partition coefficient (Wildman–Crippen LogP) is 3.45. The SMILES string of the molecule is Cc1ccc(S(=O)(=O)N2CCCCC2)cc1NCC(=O)Nc1cc(Cl)ccc1-n1cncn1. The number of benzene rings is 2. The molecular weight excluding hydrogens is 464 g/mol. The zero-order chi connectivity index (χ0) is 23.4. The molecule has 174 valence electrons. The van der Waals surface area contributed by atoms with E-state index in [1.165, 1.54) is 21.6 Å². The van der Waals surface area contributed by atoms with Crippen LogP contribution in [0.15, 0.2) is 53.9 Å². The fraction of sp³-hybridized carbons (Fsp3) is 0.318. The second kappa shape index (κ2) is 9.90. The lowest BCUT2D eigenvalue weighted by Gasteiger charge is -2.26. The van der Waals surface area contributed by atoms with E-state index in [1.54, 1.807) is 36.4 Å². The van der Waals surface area contributed by atoms with Crippen LogP contribution in [-0.4, -0.2) is 53.0 Å². The number of rotatable bonds is 7. The van der Waals surface area contributed by atoms with Gasteiger partial charge < -0.3 is 10.6 Å². The molecule has 1 saturated heterocycles. The van der Waals surface area contributed by atoms with Crippen molar-refractivity contribution in [3.8, 4) is 5.69 Å². The molecule has 0 spiro atoms. The summed E-state index contributed by atoms with van der Waals surface area (Å²) in [5.41, 5.74) is 2.53. The van der Waals surface area contributed by atoms with E-state index in [0.717, 1.165) is 24.8 Å². The first kappa shape index (κ1) is 23.2. The lowest BCUT2D eigenvalue weighted by atomic mass is 10.2. The zero-order valence-electron chi connectivity index (χ0n) is 18.2. The summed E-state index contributed by atoms with van der Waals surface area (Å²) in [5, 5.41) is 10.4. The van der Waals surface area contributed by atoms with E-state index in [9.17, 15) is 13.2 Å². The maximum Gasteiger partial charge on any atom is 0.243 e. The van der Waals surface area contributed by atoms with Gasteiger partial charge in [0.2, 0.25) is 15.9 Å². The third-order valence-electron chi connectivity index (χ3n) is 5.50. The molecule has 2 aromatic carbocycles. The molecule has 9 nitrogen and oxygen atoms in total. The highest BCUT2D eigenvalue weighted by Crippen LogP contribution is 2.26. The summed E-state index contributed by atoms with van der Waals surface area (Å²) in [4.78, 5) is 16.8. The van der Waals surface area contributed by atoms with E-state index < -0.39 is 10.0 Å². The van der Waals surface area contributed by atoms with Gasteiger partial charge in [-0.15, -0.1) is 0 Å². The largest absolute Gasteiger partial charge is 0.376 e. The number of hydrogen-bond donors (Lipinski definition) is 2. The Bertz CT molecular complexity index is 1240. The van der Waals surface area contributed by atoms with Crippen molar-refractivity contribution in [3.05, 3.63) is 59.6 Å². The van der Waals surface area contributed by atoms with Crippen molar-refractivity contribution in [3.63, 3.8) is 0 Å². The summed E-state index contributed by atoms with van der Waals surface area (Å²) in [7, 11) is -3.56. The number of hydrogen-bond acceptors (Lipinski definition) is 6. The number of amides is 1. The van der Waals surface area contributed by atoms with Crippen LogP contribution in [0.5, 0.6) is 0 Å². The predicted molar refractivity (Wildman–Crippen MR) is 127 cm³/mol.